The smallest absolute Gasteiger partial charge is 0.243 e. The van der Waals surface area contributed by atoms with Gasteiger partial charge in [-0.3, -0.25) is 9.59 Å². The molecule has 2 aromatic rings. The minimum absolute atomic E-state index is 0.189. The van der Waals surface area contributed by atoms with Gasteiger partial charge in [-0.1, -0.05) is 37.6 Å². The standard InChI is InChI=1S/C21H26ClN3O4S/c1-4-25(5-2)30(28,29)18-10-6-16(7-11-18)8-13-21(27)24-20-14-17(22)9-12-19(20)23-15(3)26/h6-7,9-12,14H,4-5,8,13H2,1-3H3,(H,23,26)(H,24,27). The minimum atomic E-state index is -3.50. The quantitative estimate of drug-likeness (QED) is 0.604. The van der Waals surface area contributed by atoms with Crippen molar-refractivity contribution in [3.63, 3.8) is 0 Å². The summed E-state index contributed by atoms with van der Waals surface area (Å²) >= 11 is 5.99. The van der Waals surface area contributed by atoms with Gasteiger partial charge < -0.3 is 10.6 Å². The van der Waals surface area contributed by atoms with E-state index in [1.807, 2.05) is 0 Å². The molecule has 2 rings (SSSR count). The molecule has 0 radical (unpaired) electrons. The van der Waals surface area contributed by atoms with Crippen molar-refractivity contribution in [2.24, 2.45) is 0 Å². The Balaban J connectivity index is 2.02. The Morgan fingerprint density at radius 2 is 1.60 bits per heavy atom. The maximum atomic E-state index is 12.5. The Hall–Kier alpha value is -2.42. The van der Waals surface area contributed by atoms with Gasteiger partial charge in [-0.15, -0.1) is 0 Å². The summed E-state index contributed by atoms with van der Waals surface area (Å²) in [6.07, 6.45) is 0.627. The summed E-state index contributed by atoms with van der Waals surface area (Å²) < 4.78 is 26.5. The van der Waals surface area contributed by atoms with Gasteiger partial charge >= 0.3 is 0 Å². The molecule has 9 heteroatoms. The zero-order valence-electron chi connectivity index (χ0n) is 17.2. The lowest BCUT2D eigenvalue weighted by Gasteiger charge is -2.18. The molecule has 30 heavy (non-hydrogen) atoms. The van der Waals surface area contributed by atoms with Crippen molar-refractivity contribution in [3.8, 4) is 0 Å². The highest BCUT2D eigenvalue weighted by Gasteiger charge is 2.21. The Kier molecular flexibility index (Phi) is 8.40. The second-order valence-electron chi connectivity index (χ2n) is 6.65. The van der Waals surface area contributed by atoms with Gasteiger partial charge in [-0.05, 0) is 42.3 Å². The van der Waals surface area contributed by atoms with Gasteiger partial charge in [0, 0.05) is 31.5 Å². The fourth-order valence-electron chi connectivity index (χ4n) is 2.93. The highest BCUT2D eigenvalue weighted by Crippen LogP contribution is 2.26. The predicted molar refractivity (Wildman–Crippen MR) is 119 cm³/mol. The predicted octanol–water partition coefficient (Wildman–Crippen LogP) is 3.90. The lowest BCUT2D eigenvalue weighted by molar-refractivity contribution is -0.116. The SMILES string of the molecule is CCN(CC)S(=O)(=O)c1ccc(CCC(=O)Nc2cc(Cl)ccc2NC(C)=O)cc1. The maximum Gasteiger partial charge on any atom is 0.243 e. The molecule has 0 aliphatic heterocycles. The van der Waals surface area contributed by atoms with Crippen LogP contribution in [-0.4, -0.2) is 37.6 Å². The van der Waals surface area contributed by atoms with Gasteiger partial charge in [0.25, 0.3) is 0 Å². The van der Waals surface area contributed by atoms with Crippen molar-refractivity contribution in [3.05, 3.63) is 53.1 Å². The summed E-state index contributed by atoms with van der Waals surface area (Å²) in [5.41, 5.74) is 1.73. The first-order valence-electron chi connectivity index (χ1n) is 9.63. The second kappa shape index (κ2) is 10.6. The lowest BCUT2D eigenvalue weighted by Crippen LogP contribution is -2.30. The van der Waals surface area contributed by atoms with Gasteiger partial charge in [-0.25, -0.2) is 8.42 Å². The Bertz CT molecular complexity index is 1000. The van der Waals surface area contributed by atoms with Gasteiger partial charge in [-0.2, -0.15) is 4.31 Å². The summed E-state index contributed by atoms with van der Waals surface area (Å²) in [6, 6.07) is 11.4. The summed E-state index contributed by atoms with van der Waals surface area (Å²) in [4.78, 5) is 23.9. The molecular weight excluding hydrogens is 426 g/mol. The highest BCUT2D eigenvalue weighted by molar-refractivity contribution is 7.89. The normalized spacial score (nSPS) is 11.4. The number of aryl methyl sites for hydroxylation is 1. The molecule has 0 aliphatic rings. The van der Waals surface area contributed by atoms with E-state index in [1.165, 1.54) is 11.2 Å². The van der Waals surface area contributed by atoms with Gasteiger partial charge in [0.1, 0.15) is 0 Å². The molecule has 0 saturated carbocycles. The average molecular weight is 452 g/mol. The first-order valence-corrected chi connectivity index (χ1v) is 11.4. The maximum absolute atomic E-state index is 12.5. The molecule has 2 amide bonds. The van der Waals surface area contributed by atoms with Crippen LogP contribution in [0.15, 0.2) is 47.4 Å². The number of carbonyl (C=O) groups is 2. The molecule has 2 aromatic carbocycles. The number of sulfonamides is 1. The van der Waals surface area contributed by atoms with Crippen molar-refractivity contribution in [2.75, 3.05) is 23.7 Å². The molecule has 0 atom stereocenters. The molecular formula is C21H26ClN3O4S. The first kappa shape index (κ1) is 23.9. The zero-order valence-corrected chi connectivity index (χ0v) is 18.8. The van der Waals surface area contributed by atoms with Crippen LogP contribution in [0, 0.1) is 0 Å². The van der Waals surface area contributed by atoms with E-state index in [9.17, 15) is 18.0 Å². The van der Waals surface area contributed by atoms with Crippen LogP contribution in [0.1, 0.15) is 32.8 Å². The van der Waals surface area contributed by atoms with Crippen LogP contribution < -0.4 is 10.6 Å². The molecule has 0 spiro atoms. The number of nitrogens with zero attached hydrogens (tertiary/aromatic N) is 1. The van der Waals surface area contributed by atoms with Crippen LogP contribution in [0.25, 0.3) is 0 Å². The number of carbonyl (C=O) groups excluding carboxylic acids is 2. The van der Waals surface area contributed by atoms with E-state index in [2.05, 4.69) is 10.6 Å². The van der Waals surface area contributed by atoms with Crippen molar-refractivity contribution in [2.45, 2.75) is 38.5 Å². The van der Waals surface area contributed by atoms with E-state index in [0.29, 0.717) is 35.9 Å². The summed E-state index contributed by atoms with van der Waals surface area (Å²) in [5.74, 6) is -0.503. The van der Waals surface area contributed by atoms with Crippen LogP contribution in [0.4, 0.5) is 11.4 Å². The fourth-order valence-corrected chi connectivity index (χ4v) is 4.56. The van der Waals surface area contributed by atoms with Crippen LogP contribution >= 0.6 is 11.6 Å². The number of anilines is 2. The molecule has 0 heterocycles. The molecule has 2 N–H and O–H groups in total. The number of amides is 2. The molecule has 162 valence electrons. The second-order valence-corrected chi connectivity index (χ2v) is 9.03. The highest BCUT2D eigenvalue weighted by atomic mass is 35.5. The van der Waals surface area contributed by atoms with Crippen LogP contribution in [0.2, 0.25) is 5.02 Å². The monoisotopic (exact) mass is 451 g/mol. The molecule has 0 saturated heterocycles. The largest absolute Gasteiger partial charge is 0.325 e. The number of rotatable bonds is 9. The third-order valence-corrected chi connectivity index (χ3v) is 6.77. The Morgan fingerprint density at radius 1 is 0.967 bits per heavy atom. The van der Waals surface area contributed by atoms with E-state index >= 15 is 0 Å². The average Bonchev–Trinajstić information content (AvgIpc) is 2.69. The Labute approximate surface area is 182 Å². The number of benzene rings is 2. The third kappa shape index (κ3) is 6.29. The molecule has 0 bridgehead atoms. The van der Waals surface area contributed by atoms with E-state index < -0.39 is 10.0 Å². The number of nitrogens with one attached hydrogen (secondary N) is 2. The first-order chi connectivity index (χ1) is 14.2. The topological polar surface area (TPSA) is 95.6 Å². The summed E-state index contributed by atoms with van der Waals surface area (Å²) in [5, 5.41) is 5.83. The molecule has 0 fully saturated rings. The minimum Gasteiger partial charge on any atom is -0.325 e. The van der Waals surface area contributed by atoms with Crippen LogP contribution in [0.3, 0.4) is 0 Å². The van der Waals surface area contributed by atoms with E-state index in [4.69, 9.17) is 11.6 Å². The lowest BCUT2D eigenvalue weighted by atomic mass is 10.1. The van der Waals surface area contributed by atoms with Crippen molar-refractivity contribution in [1.29, 1.82) is 0 Å². The van der Waals surface area contributed by atoms with Crippen LogP contribution in [0.5, 0.6) is 0 Å². The summed E-state index contributed by atoms with van der Waals surface area (Å²) in [6.45, 7) is 5.79. The molecule has 0 aliphatic carbocycles. The van der Waals surface area contributed by atoms with Crippen LogP contribution in [-0.2, 0) is 26.0 Å². The van der Waals surface area contributed by atoms with E-state index in [1.54, 1.807) is 56.3 Å². The van der Waals surface area contributed by atoms with Gasteiger partial charge in [0.05, 0.1) is 16.3 Å². The molecule has 7 nitrogen and oxygen atoms in total. The fraction of sp³-hybridized carbons (Fsp3) is 0.333. The third-order valence-electron chi connectivity index (χ3n) is 4.47. The molecule has 0 aromatic heterocycles. The summed E-state index contributed by atoms with van der Waals surface area (Å²) in [7, 11) is -3.50. The molecule has 0 unspecified atom stereocenters. The van der Waals surface area contributed by atoms with Gasteiger partial charge in [0.2, 0.25) is 21.8 Å². The van der Waals surface area contributed by atoms with E-state index in [-0.39, 0.29) is 23.1 Å². The Morgan fingerprint density at radius 3 is 2.17 bits per heavy atom. The van der Waals surface area contributed by atoms with E-state index in [0.717, 1.165) is 5.56 Å². The number of hydrogen-bond donors (Lipinski definition) is 2. The van der Waals surface area contributed by atoms with Crippen molar-refractivity contribution in [1.82, 2.24) is 4.31 Å². The number of hydrogen-bond acceptors (Lipinski definition) is 4. The van der Waals surface area contributed by atoms with Crippen molar-refractivity contribution >= 4 is 44.8 Å². The van der Waals surface area contributed by atoms with Gasteiger partial charge in [0.15, 0.2) is 0 Å². The van der Waals surface area contributed by atoms with Crippen molar-refractivity contribution < 1.29 is 18.0 Å². The zero-order chi connectivity index (χ0) is 22.3. The number of halogens is 1.